The molecule has 3 aliphatic rings. The summed E-state index contributed by atoms with van der Waals surface area (Å²) in [5.41, 5.74) is -1.49. The molecule has 2 fully saturated rings. The monoisotopic (exact) mass is 779 g/mol. The maximum absolute atomic E-state index is 13.0. The van der Waals surface area contributed by atoms with Crippen molar-refractivity contribution < 1.29 is 37.0 Å². The standard InChI is InChI=1S/C36H58N5O10PSi/c1-22(2)41(23(3)4)52(46-18-16-37-12)50-29-19-31(40-20-26(9)32(42)38-35(40)45)49-30(29)21-47-53(24(5)6,25(7)8)51-36(10,11)15-17-39-33(43)27-13-14-28(48-27)34(39)44/h13-14,20,22-25,27-31H,15-19,21H2,1-11H3,(H,38,42,45)/t27?,28?,29-,30-,31-,52?/m1/s1. The van der Waals surface area contributed by atoms with Gasteiger partial charge < -0.3 is 32.2 Å². The number of H-pyrrole nitrogens is 1. The van der Waals surface area contributed by atoms with Crippen molar-refractivity contribution in [2.45, 2.75) is 148 Å². The number of rotatable bonds is 19. The predicted molar refractivity (Wildman–Crippen MR) is 202 cm³/mol. The number of morpholine rings is 1. The van der Waals surface area contributed by atoms with E-state index >= 15 is 0 Å². The van der Waals surface area contributed by atoms with Crippen LogP contribution < -0.4 is 11.2 Å². The van der Waals surface area contributed by atoms with E-state index in [0.717, 1.165) is 0 Å². The Morgan fingerprint density at radius 3 is 2.17 bits per heavy atom. The van der Waals surface area contributed by atoms with Gasteiger partial charge in [0.2, 0.25) is 6.54 Å². The largest absolute Gasteiger partial charge is 0.391 e. The van der Waals surface area contributed by atoms with E-state index in [1.807, 2.05) is 13.8 Å². The molecular weight excluding hydrogens is 721 g/mol. The van der Waals surface area contributed by atoms with Gasteiger partial charge in [-0.05, 0) is 78.1 Å². The van der Waals surface area contributed by atoms with Crippen molar-refractivity contribution >= 4 is 28.9 Å². The first-order chi connectivity index (χ1) is 24.8. The molecule has 2 bridgehead atoms. The maximum atomic E-state index is 13.0. The number of amides is 2. The van der Waals surface area contributed by atoms with Gasteiger partial charge in [0, 0.05) is 36.8 Å². The van der Waals surface area contributed by atoms with Crippen LogP contribution in [0.1, 0.15) is 93.9 Å². The molecule has 3 aliphatic heterocycles. The van der Waals surface area contributed by atoms with Crippen LogP contribution in [0.4, 0.5) is 0 Å². The van der Waals surface area contributed by atoms with Crippen LogP contribution in [0.2, 0.25) is 11.1 Å². The molecule has 1 N–H and O–H groups in total. The Bertz CT molecular complexity index is 1600. The quantitative estimate of drug-likeness (QED) is 0.0506. The number of aromatic amines is 1. The van der Waals surface area contributed by atoms with Crippen LogP contribution in [0.5, 0.6) is 0 Å². The summed E-state index contributed by atoms with van der Waals surface area (Å²) in [6.45, 7) is 30.0. The van der Waals surface area contributed by atoms with Crippen LogP contribution in [0.25, 0.3) is 4.85 Å². The van der Waals surface area contributed by atoms with E-state index in [1.165, 1.54) is 15.7 Å². The summed E-state index contributed by atoms with van der Waals surface area (Å²) in [6.07, 6.45) is 1.94. The van der Waals surface area contributed by atoms with Gasteiger partial charge in [0.15, 0.2) is 12.2 Å². The molecule has 3 unspecified atom stereocenters. The van der Waals surface area contributed by atoms with Gasteiger partial charge in [-0.3, -0.25) is 28.8 Å². The molecule has 296 valence electrons. The molecule has 0 aromatic carbocycles. The molecule has 0 saturated carbocycles. The Morgan fingerprint density at radius 1 is 1.02 bits per heavy atom. The number of nitrogens with zero attached hydrogens (tertiary/aromatic N) is 4. The molecule has 6 atom stereocenters. The average molecular weight is 780 g/mol. The molecule has 2 saturated heterocycles. The molecule has 15 nitrogen and oxygen atoms in total. The lowest BCUT2D eigenvalue weighted by Gasteiger charge is -2.44. The van der Waals surface area contributed by atoms with Crippen molar-refractivity contribution in [3.8, 4) is 0 Å². The highest BCUT2D eigenvalue weighted by molar-refractivity contribution is 7.44. The molecule has 2 amide bonds. The molecule has 1 aromatic heterocycles. The third kappa shape index (κ3) is 10.00. The maximum Gasteiger partial charge on any atom is 0.343 e. The van der Waals surface area contributed by atoms with E-state index in [9.17, 15) is 19.2 Å². The Hall–Kier alpha value is -2.58. The highest BCUT2D eigenvalue weighted by atomic mass is 31.2. The molecule has 0 radical (unpaired) electrons. The molecule has 53 heavy (non-hydrogen) atoms. The van der Waals surface area contributed by atoms with Gasteiger partial charge in [-0.15, -0.1) is 0 Å². The zero-order chi connectivity index (χ0) is 39.4. The molecule has 0 spiro atoms. The van der Waals surface area contributed by atoms with Crippen molar-refractivity contribution in [2.24, 2.45) is 0 Å². The minimum Gasteiger partial charge on any atom is -0.391 e. The highest BCUT2D eigenvalue weighted by Gasteiger charge is 2.51. The number of nitrogens with one attached hydrogen (secondary N) is 1. The van der Waals surface area contributed by atoms with Crippen molar-refractivity contribution in [3.63, 3.8) is 0 Å². The first kappa shape index (κ1) is 43.1. The third-order valence-corrected chi connectivity index (χ3v) is 16.6. The molecule has 0 aliphatic carbocycles. The van der Waals surface area contributed by atoms with E-state index < -0.39 is 64.6 Å². The molecule has 17 heteroatoms. The van der Waals surface area contributed by atoms with Gasteiger partial charge in [-0.25, -0.2) is 16.0 Å². The lowest BCUT2D eigenvalue weighted by molar-refractivity contribution is -0.167. The van der Waals surface area contributed by atoms with Crippen LogP contribution in [-0.4, -0.2) is 108 Å². The van der Waals surface area contributed by atoms with Crippen LogP contribution in [0, 0.1) is 13.5 Å². The fourth-order valence-corrected chi connectivity index (χ4v) is 12.7. The van der Waals surface area contributed by atoms with Gasteiger partial charge in [0.25, 0.3) is 25.9 Å². The van der Waals surface area contributed by atoms with Crippen LogP contribution in [-0.2, 0) is 37.0 Å². The molecule has 4 heterocycles. The zero-order valence-corrected chi connectivity index (χ0v) is 34.9. The Morgan fingerprint density at radius 2 is 1.62 bits per heavy atom. The molecular formula is C36H58N5O10PSi. The van der Waals surface area contributed by atoms with Gasteiger partial charge in [-0.1, -0.05) is 27.7 Å². The Labute approximate surface area is 315 Å². The summed E-state index contributed by atoms with van der Waals surface area (Å²) in [4.78, 5) is 58.2. The summed E-state index contributed by atoms with van der Waals surface area (Å²) in [6, 6.07) is 0.136. The van der Waals surface area contributed by atoms with Crippen molar-refractivity contribution in [3.05, 3.63) is 56.2 Å². The van der Waals surface area contributed by atoms with E-state index in [0.29, 0.717) is 12.0 Å². The summed E-state index contributed by atoms with van der Waals surface area (Å²) >= 11 is 0. The van der Waals surface area contributed by atoms with Gasteiger partial charge in [0.1, 0.15) is 18.9 Å². The SMILES string of the molecule is [C-]#[N+]CCOP(O[C@@H]1C[C@H](n2cc(C)c(=O)[nH]c2=O)O[C@@H]1CO[Si](OC(C)(C)CCN1C(=O)C2C=CC(O2)C1=O)(C(C)C)C(C)C)N(C(C)C)C(C)C. The average Bonchev–Trinajstić information content (AvgIpc) is 3.69. The highest BCUT2D eigenvalue weighted by Crippen LogP contribution is 2.50. The number of carbonyl (C=O) groups excluding carboxylic acids is 2. The van der Waals surface area contributed by atoms with Crippen LogP contribution in [0.15, 0.2) is 27.9 Å². The number of aromatic nitrogens is 2. The first-order valence-electron chi connectivity index (χ1n) is 18.5. The Kier molecular flexibility index (Phi) is 14.6. The fourth-order valence-electron chi connectivity index (χ4n) is 7.05. The number of aryl methyl sites for hydroxylation is 1. The van der Waals surface area contributed by atoms with Gasteiger partial charge in [0.05, 0.1) is 18.3 Å². The third-order valence-electron chi connectivity index (χ3n) is 9.74. The van der Waals surface area contributed by atoms with E-state index in [2.05, 4.69) is 69.9 Å². The van der Waals surface area contributed by atoms with Gasteiger partial charge >= 0.3 is 14.3 Å². The summed E-state index contributed by atoms with van der Waals surface area (Å²) in [7, 11) is -4.77. The van der Waals surface area contributed by atoms with E-state index in [-0.39, 0.29) is 67.7 Å². The number of imide groups is 1. The first-order valence-corrected chi connectivity index (χ1v) is 21.6. The predicted octanol–water partition coefficient (Wildman–Crippen LogP) is 4.96. The second kappa shape index (κ2) is 17.9. The second-order valence-corrected chi connectivity index (χ2v) is 21.3. The molecule has 1 aromatic rings. The van der Waals surface area contributed by atoms with Crippen molar-refractivity contribution in [2.75, 3.05) is 26.3 Å². The zero-order valence-electron chi connectivity index (χ0n) is 33.0. The summed E-state index contributed by atoms with van der Waals surface area (Å²) < 4.78 is 42.6. The number of hydrogen-bond donors (Lipinski definition) is 1. The lowest BCUT2D eigenvalue weighted by Crippen LogP contribution is -2.56. The number of carbonyl (C=O) groups is 2. The van der Waals surface area contributed by atoms with Gasteiger partial charge in [-0.2, -0.15) is 0 Å². The van der Waals surface area contributed by atoms with Crippen molar-refractivity contribution in [1.82, 2.24) is 19.1 Å². The van der Waals surface area contributed by atoms with Crippen LogP contribution in [0.3, 0.4) is 0 Å². The normalized spacial score (nSPS) is 24.1. The second-order valence-electron chi connectivity index (χ2n) is 15.7. The topological polar surface area (TPSA) is 155 Å². The van der Waals surface area contributed by atoms with E-state index in [1.54, 1.807) is 19.1 Å². The number of fused-ring (bicyclic) bond motifs is 2. The van der Waals surface area contributed by atoms with Crippen molar-refractivity contribution in [1.29, 1.82) is 0 Å². The van der Waals surface area contributed by atoms with Crippen LogP contribution >= 0.6 is 8.53 Å². The number of ether oxygens (including phenoxy) is 2. The fraction of sp³-hybridized carbons (Fsp3) is 0.750. The summed E-state index contributed by atoms with van der Waals surface area (Å²) in [5, 5.41) is 0. The lowest BCUT2D eigenvalue weighted by atomic mass is 10.0. The smallest absolute Gasteiger partial charge is 0.343 e. The van der Waals surface area contributed by atoms with E-state index in [4.69, 9.17) is 33.9 Å². The number of hydrogen-bond acceptors (Lipinski definition) is 11. The summed E-state index contributed by atoms with van der Waals surface area (Å²) in [5.74, 6) is -0.740. The molecule has 4 rings (SSSR count). The minimum atomic E-state index is -3.12. The minimum absolute atomic E-state index is 0.0130. The Balaban J connectivity index is 1.60.